The number of piperidine rings is 1. The minimum atomic E-state index is -0.619. The summed E-state index contributed by atoms with van der Waals surface area (Å²) in [7, 11) is 0. The van der Waals surface area contributed by atoms with Crippen LogP contribution >= 0.6 is 11.6 Å². The van der Waals surface area contributed by atoms with Gasteiger partial charge in [-0.1, -0.05) is 17.7 Å². The molecule has 0 spiro atoms. The van der Waals surface area contributed by atoms with Crippen molar-refractivity contribution in [2.45, 2.75) is 32.0 Å². The number of rotatable bonds is 2. The number of hydrogen-bond acceptors (Lipinski definition) is 2. The molecule has 2 nitrogen and oxygen atoms in total. The van der Waals surface area contributed by atoms with Crippen molar-refractivity contribution in [3.8, 4) is 0 Å². The summed E-state index contributed by atoms with van der Waals surface area (Å²) in [4.78, 5) is 6.37. The molecule has 0 aromatic carbocycles. The van der Waals surface area contributed by atoms with E-state index >= 15 is 0 Å². The lowest BCUT2D eigenvalue weighted by Gasteiger charge is -2.33. The summed E-state index contributed by atoms with van der Waals surface area (Å²) in [5.74, 6) is 0. The van der Waals surface area contributed by atoms with Crippen molar-refractivity contribution < 1.29 is 4.39 Å². The number of hydrogen-bond donors (Lipinski definition) is 0. The molecule has 0 aliphatic carbocycles. The largest absolute Gasteiger partial charge is 0.296 e. The van der Waals surface area contributed by atoms with Gasteiger partial charge in [-0.15, -0.1) is 0 Å². The first kappa shape index (κ1) is 11.8. The minimum absolute atomic E-state index is 0.289. The van der Waals surface area contributed by atoms with E-state index in [0.29, 0.717) is 18.0 Å². The van der Waals surface area contributed by atoms with Crippen LogP contribution in [0.3, 0.4) is 0 Å². The molecule has 2 heterocycles. The van der Waals surface area contributed by atoms with Gasteiger partial charge in [0.2, 0.25) is 0 Å². The molecule has 1 aliphatic rings. The first-order valence-corrected chi connectivity index (χ1v) is 6.04. The maximum Gasteiger partial charge on any atom is 0.129 e. The second kappa shape index (κ2) is 5.11. The Bertz CT molecular complexity index is 333. The van der Waals surface area contributed by atoms with Crippen LogP contribution in [-0.2, 0) is 0 Å². The Balaban J connectivity index is 2.01. The highest BCUT2D eigenvalue weighted by atomic mass is 35.5. The molecule has 16 heavy (non-hydrogen) atoms. The van der Waals surface area contributed by atoms with Gasteiger partial charge in [-0.3, -0.25) is 4.90 Å². The third-order valence-electron chi connectivity index (χ3n) is 3.24. The van der Waals surface area contributed by atoms with Crippen molar-refractivity contribution in [3.05, 3.63) is 29.0 Å². The summed E-state index contributed by atoms with van der Waals surface area (Å²) in [6.07, 6.45) is 2.47. The molecule has 2 rings (SSSR count). The van der Waals surface area contributed by atoms with E-state index in [4.69, 9.17) is 11.6 Å². The predicted octanol–water partition coefficient (Wildman–Crippen LogP) is 3.23. The first-order valence-electron chi connectivity index (χ1n) is 5.66. The molecule has 0 bridgehead atoms. The molecule has 1 aliphatic heterocycles. The molecule has 1 unspecified atom stereocenters. The van der Waals surface area contributed by atoms with Crippen molar-refractivity contribution in [2.24, 2.45) is 0 Å². The van der Waals surface area contributed by atoms with Crippen LogP contribution in [0.4, 0.5) is 4.39 Å². The Hall–Kier alpha value is -0.670. The molecular weight excluding hydrogens is 227 g/mol. The molecular formula is C12H16ClFN2. The summed E-state index contributed by atoms with van der Waals surface area (Å²) in [6, 6.07) is 4.08. The van der Waals surface area contributed by atoms with Crippen LogP contribution in [0, 0.1) is 0 Å². The van der Waals surface area contributed by atoms with E-state index in [1.807, 2.05) is 6.07 Å². The summed E-state index contributed by atoms with van der Waals surface area (Å²) < 4.78 is 13.0. The molecule has 0 N–H and O–H groups in total. The zero-order valence-electron chi connectivity index (χ0n) is 9.37. The average Bonchev–Trinajstić information content (AvgIpc) is 2.30. The Morgan fingerprint density at radius 3 is 2.69 bits per heavy atom. The van der Waals surface area contributed by atoms with Crippen LogP contribution in [0.2, 0.25) is 5.15 Å². The van der Waals surface area contributed by atoms with Gasteiger partial charge in [-0.05, 0) is 31.4 Å². The van der Waals surface area contributed by atoms with Gasteiger partial charge < -0.3 is 0 Å². The third-order valence-corrected chi connectivity index (χ3v) is 3.46. The maximum absolute atomic E-state index is 13.0. The van der Waals surface area contributed by atoms with Crippen molar-refractivity contribution in [1.29, 1.82) is 0 Å². The Labute approximate surface area is 100 Å². The minimum Gasteiger partial charge on any atom is -0.296 e. The normalized spacial score (nSPS) is 20.9. The topological polar surface area (TPSA) is 16.1 Å². The molecule has 4 heteroatoms. The number of alkyl halides is 1. The molecule has 1 saturated heterocycles. The average molecular weight is 243 g/mol. The maximum atomic E-state index is 13.0. The Morgan fingerprint density at radius 1 is 1.44 bits per heavy atom. The van der Waals surface area contributed by atoms with Gasteiger partial charge in [-0.25, -0.2) is 9.37 Å². The predicted molar refractivity (Wildman–Crippen MR) is 63.4 cm³/mol. The lowest BCUT2D eigenvalue weighted by Crippen LogP contribution is -2.36. The fourth-order valence-corrected chi connectivity index (χ4v) is 2.21. The van der Waals surface area contributed by atoms with Crippen molar-refractivity contribution in [3.63, 3.8) is 0 Å². The highest BCUT2D eigenvalue weighted by Crippen LogP contribution is 2.25. The van der Waals surface area contributed by atoms with E-state index in [1.54, 1.807) is 12.3 Å². The van der Waals surface area contributed by atoms with Gasteiger partial charge in [-0.2, -0.15) is 0 Å². The molecule has 1 aromatic rings. The molecule has 0 amide bonds. The van der Waals surface area contributed by atoms with E-state index in [0.717, 1.165) is 18.7 Å². The van der Waals surface area contributed by atoms with Crippen molar-refractivity contribution in [2.75, 3.05) is 13.1 Å². The zero-order valence-corrected chi connectivity index (χ0v) is 10.1. The quantitative estimate of drug-likeness (QED) is 0.741. The summed E-state index contributed by atoms with van der Waals surface area (Å²) in [6.45, 7) is 3.78. The lowest BCUT2D eigenvalue weighted by atomic mass is 10.0. The SMILES string of the molecule is CC(c1ccc(Cl)nc1)N1CCC(F)CC1. The molecule has 1 atom stereocenters. The standard InChI is InChI=1S/C12H16ClFN2/c1-9(10-2-3-12(13)15-8-10)16-6-4-11(14)5-7-16/h2-3,8-9,11H,4-7H2,1H3. The van der Waals surface area contributed by atoms with Gasteiger partial charge in [0, 0.05) is 25.3 Å². The lowest BCUT2D eigenvalue weighted by molar-refractivity contribution is 0.118. The molecule has 0 saturated carbocycles. The zero-order chi connectivity index (χ0) is 11.5. The summed E-state index contributed by atoms with van der Waals surface area (Å²) >= 11 is 5.75. The molecule has 0 radical (unpaired) electrons. The monoisotopic (exact) mass is 242 g/mol. The first-order chi connectivity index (χ1) is 7.66. The number of aromatic nitrogens is 1. The van der Waals surface area contributed by atoms with Crippen molar-refractivity contribution >= 4 is 11.6 Å². The number of nitrogens with zero attached hydrogens (tertiary/aromatic N) is 2. The smallest absolute Gasteiger partial charge is 0.129 e. The van der Waals surface area contributed by atoms with Gasteiger partial charge in [0.1, 0.15) is 11.3 Å². The van der Waals surface area contributed by atoms with Gasteiger partial charge in [0.15, 0.2) is 0 Å². The van der Waals surface area contributed by atoms with Crippen LogP contribution < -0.4 is 0 Å². The second-order valence-electron chi connectivity index (χ2n) is 4.30. The summed E-state index contributed by atoms with van der Waals surface area (Å²) in [5.41, 5.74) is 1.14. The van der Waals surface area contributed by atoms with Crippen LogP contribution in [0.5, 0.6) is 0 Å². The van der Waals surface area contributed by atoms with E-state index in [-0.39, 0.29) is 6.04 Å². The van der Waals surface area contributed by atoms with Crippen LogP contribution in [0.1, 0.15) is 31.4 Å². The van der Waals surface area contributed by atoms with E-state index in [9.17, 15) is 4.39 Å². The van der Waals surface area contributed by atoms with Crippen LogP contribution in [0.25, 0.3) is 0 Å². The van der Waals surface area contributed by atoms with Gasteiger partial charge in [0.25, 0.3) is 0 Å². The number of halogens is 2. The number of pyridine rings is 1. The number of likely N-dealkylation sites (tertiary alicyclic amines) is 1. The molecule has 1 fully saturated rings. The highest BCUT2D eigenvalue weighted by molar-refractivity contribution is 6.29. The molecule has 1 aromatic heterocycles. The third kappa shape index (κ3) is 2.71. The fraction of sp³-hybridized carbons (Fsp3) is 0.583. The molecule has 88 valence electrons. The fourth-order valence-electron chi connectivity index (χ4n) is 2.10. The highest BCUT2D eigenvalue weighted by Gasteiger charge is 2.23. The van der Waals surface area contributed by atoms with Gasteiger partial charge in [0.05, 0.1) is 0 Å². The van der Waals surface area contributed by atoms with E-state index in [2.05, 4.69) is 16.8 Å². The van der Waals surface area contributed by atoms with Crippen LogP contribution in [0.15, 0.2) is 18.3 Å². The van der Waals surface area contributed by atoms with Crippen LogP contribution in [-0.4, -0.2) is 29.1 Å². The summed E-state index contributed by atoms with van der Waals surface area (Å²) in [5, 5.41) is 0.512. The van der Waals surface area contributed by atoms with E-state index < -0.39 is 6.17 Å². The van der Waals surface area contributed by atoms with E-state index in [1.165, 1.54) is 0 Å². The van der Waals surface area contributed by atoms with Gasteiger partial charge >= 0.3 is 0 Å². The Kier molecular flexibility index (Phi) is 3.77. The second-order valence-corrected chi connectivity index (χ2v) is 4.69. The Morgan fingerprint density at radius 2 is 2.12 bits per heavy atom. The van der Waals surface area contributed by atoms with Crippen molar-refractivity contribution in [1.82, 2.24) is 9.88 Å².